The average Bonchev–Trinajstić information content (AvgIpc) is 3.06. The van der Waals surface area contributed by atoms with Crippen LogP contribution in [0.15, 0.2) is 6.33 Å². The normalized spacial score (nSPS) is 12.9. The molecule has 0 bridgehead atoms. The first-order valence-electron chi connectivity index (χ1n) is 8.52. The van der Waals surface area contributed by atoms with Crippen LogP contribution >= 0.6 is 0 Å². The first-order valence-corrected chi connectivity index (χ1v) is 8.52. The highest BCUT2D eigenvalue weighted by Gasteiger charge is 2.19. The van der Waals surface area contributed by atoms with Crippen LogP contribution in [0, 0.1) is 13.8 Å². The molecule has 0 aliphatic heterocycles. The topological polar surface area (TPSA) is 89.7 Å². The van der Waals surface area contributed by atoms with E-state index in [1.807, 2.05) is 58.0 Å². The van der Waals surface area contributed by atoms with Crippen molar-refractivity contribution in [2.24, 2.45) is 7.05 Å². The van der Waals surface area contributed by atoms with Gasteiger partial charge in [-0.1, -0.05) is 0 Å². The lowest BCUT2D eigenvalue weighted by Crippen LogP contribution is -2.42. The molecule has 2 aromatic rings. The average molecular weight is 347 g/mol. The second-order valence-corrected chi connectivity index (χ2v) is 7.46. The molecule has 2 N–H and O–H groups in total. The van der Waals surface area contributed by atoms with E-state index < -0.39 is 0 Å². The van der Waals surface area contributed by atoms with Crippen LogP contribution in [0.4, 0.5) is 4.79 Å². The maximum absolute atomic E-state index is 12.2. The Labute approximate surface area is 149 Å². The summed E-state index contributed by atoms with van der Waals surface area (Å²) in [6, 6.07) is -0.211. The van der Waals surface area contributed by atoms with Crippen molar-refractivity contribution in [1.82, 2.24) is 35.2 Å². The molecule has 0 radical (unpaired) electrons. The minimum atomic E-state index is -0.213. The third-order valence-corrected chi connectivity index (χ3v) is 4.21. The van der Waals surface area contributed by atoms with E-state index >= 15 is 0 Å². The zero-order valence-electron chi connectivity index (χ0n) is 16.2. The second-order valence-electron chi connectivity index (χ2n) is 7.46. The fourth-order valence-corrected chi connectivity index (χ4v) is 2.85. The standard InChI is InChI=1S/C17H29N7O/c1-11(8-14-12(2)22-23(7)13(14)3)21-16(25)18-9-15-19-10-20-24(15)17(4,5)6/h10-11H,8-9H2,1-7H3,(H2,18,21,25)/t11-/m0/s1. The summed E-state index contributed by atoms with van der Waals surface area (Å²) in [6.45, 7) is 12.5. The smallest absolute Gasteiger partial charge is 0.315 e. The van der Waals surface area contributed by atoms with Crippen LogP contribution in [0.5, 0.6) is 0 Å². The largest absolute Gasteiger partial charge is 0.335 e. The van der Waals surface area contributed by atoms with Crippen LogP contribution in [0.1, 0.15) is 50.5 Å². The lowest BCUT2D eigenvalue weighted by atomic mass is 10.1. The summed E-state index contributed by atoms with van der Waals surface area (Å²) in [5, 5.41) is 14.5. The van der Waals surface area contributed by atoms with Gasteiger partial charge in [0.1, 0.15) is 12.2 Å². The predicted molar refractivity (Wildman–Crippen MR) is 96.2 cm³/mol. The van der Waals surface area contributed by atoms with E-state index in [0.29, 0.717) is 6.54 Å². The van der Waals surface area contributed by atoms with Gasteiger partial charge in [0.15, 0.2) is 0 Å². The highest BCUT2D eigenvalue weighted by atomic mass is 16.2. The molecule has 0 saturated carbocycles. The molecule has 2 amide bonds. The first kappa shape index (κ1) is 19.0. The quantitative estimate of drug-likeness (QED) is 0.863. The lowest BCUT2D eigenvalue weighted by molar-refractivity contribution is 0.236. The summed E-state index contributed by atoms with van der Waals surface area (Å²) < 4.78 is 3.69. The van der Waals surface area contributed by atoms with E-state index in [-0.39, 0.29) is 17.6 Å². The second kappa shape index (κ2) is 7.25. The van der Waals surface area contributed by atoms with Gasteiger partial charge in [-0.05, 0) is 53.5 Å². The third-order valence-electron chi connectivity index (χ3n) is 4.21. The zero-order valence-corrected chi connectivity index (χ0v) is 16.2. The van der Waals surface area contributed by atoms with Gasteiger partial charge in [0.2, 0.25) is 0 Å². The molecule has 0 spiro atoms. The SMILES string of the molecule is Cc1nn(C)c(C)c1C[C@H](C)NC(=O)NCc1ncnn1C(C)(C)C. The fourth-order valence-electron chi connectivity index (χ4n) is 2.85. The first-order chi connectivity index (χ1) is 11.6. The van der Waals surface area contributed by atoms with Gasteiger partial charge in [-0.15, -0.1) is 0 Å². The summed E-state index contributed by atoms with van der Waals surface area (Å²) in [5.41, 5.74) is 3.15. The van der Waals surface area contributed by atoms with Crippen LogP contribution < -0.4 is 10.6 Å². The van der Waals surface area contributed by atoms with Gasteiger partial charge in [0.25, 0.3) is 0 Å². The lowest BCUT2D eigenvalue weighted by Gasteiger charge is -2.21. The Balaban J connectivity index is 1.89. The molecule has 1 atom stereocenters. The van der Waals surface area contributed by atoms with Gasteiger partial charge in [-0.25, -0.2) is 14.5 Å². The maximum atomic E-state index is 12.2. The van der Waals surface area contributed by atoms with Crippen molar-refractivity contribution < 1.29 is 4.79 Å². The van der Waals surface area contributed by atoms with Crippen LogP contribution in [-0.2, 0) is 25.6 Å². The number of aromatic nitrogens is 5. The number of carbonyl (C=O) groups is 1. The van der Waals surface area contributed by atoms with Gasteiger partial charge < -0.3 is 10.6 Å². The zero-order chi connectivity index (χ0) is 18.8. The highest BCUT2D eigenvalue weighted by molar-refractivity contribution is 5.74. The van der Waals surface area contributed by atoms with Crippen molar-refractivity contribution >= 4 is 6.03 Å². The van der Waals surface area contributed by atoms with Gasteiger partial charge in [0, 0.05) is 18.8 Å². The molecule has 8 heteroatoms. The van der Waals surface area contributed by atoms with E-state index in [1.165, 1.54) is 11.9 Å². The van der Waals surface area contributed by atoms with Crippen LogP contribution in [0.3, 0.4) is 0 Å². The minimum Gasteiger partial charge on any atom is -0.335 e. The molecule has 0 aliphatic carbocycles. The number of rotatable bonds is 5. The number of carbonyl (C=O) groups excluding carboxylic acids is 1. The van der Waals surface area contributed by atoms with E-state index in [9.17, 15) is 4.79 Å². The Morgan fingerprint density at radius 2 is 2.00 bits per heavy atom. The molecule has 0 saturated heterocycles. The molecule has 0 aliphatic rings. The number of nitrogens with zero attached hydrogens (tertiary/aromatic N) is 5. The number of hydrogen-bond donors (Lipinski definition) is 2. The summed E-state index contributed by atoms with van der Waals surface area (Å²) in [5.74, 6) is 0.731. The van der Waals surface area contributed by atoms with Crippen molar-refractivity contribution in [2.75, 3.05) is 0 Å². The highest BCUT2D eigenvalue weighted by Crippen LogP contribution is 2.15. The Kier molecular flexibility index (Phi) is 5.49. The summed E-state index contributed by atoms with van der Waals surface area (Å²) in [4.78, 5) is 16.4. The maximum Gasteiger partial charge on any atom is 0.315 e. The summed E-state index contributed by atoms with van der Waals surface area (Å²) >= 11 is 0. The van der Waals surface area contributed by atoms with E-state index in [0.717, 1.165) is 23.6 Å². The molecule has 2 aromatic heterocycles. The number of aryl methyl sites for hydroxylation is 2. The van der Waals surface area contributed by atoms with E-state index in [4.69, 9.17) is 0 Å². The van der Waals surface area contributed by atoms with Gasteiger partial charge >= 0.3 is 6.03 Å². The Hall–Kier alpha value is -2.38. The number of amides is 2. The Morgan fingerprint density at radius 1 is 1.32 bits per heavy atom. The number of hydrogen-bond acceptors (Lipinski definition) is 4. The molecule has 0 fully saturated rings. The predicted octanol–water partition coefficient (Wildman–Crippen LogP) is 1.81. The molecule has 25 heavy (non-hydrogen) atoms. The summed E-state index contributed by atoms with van der Waals surface area (Å²) in [7, 11) is 1.93. The van der Waals surface area contributed by atoms with Crippen LogP contribution in [0.25, 0.3) is 0 Å². The molecular formula is C17H29N7O. The molecule has 0 unspecified atom stereocenters. The molecule has 138 valence electrons. The van der Waals surface area contributed by atoms with Gasteiger partial charge in [0.05, 0.1) is 17.8 Å². The Bertz CT molecular complexity index is 739. The van der Waals surface area contributed by atoms with Crippen molar-refractivity contribution in [2.45, 2.75) is 66.1 Å². The van der Waals surface area contributed by atoms with Gasteiger partial charge in [-0.3, -0.25) is 4.68 Å². The molecular weight excluding hydrogens is 318 g/mol. The monoisotopic (exact) mass is 347 g/mol. The van der Waals surface area contributed by atoms with E-state index in [1.54, 1.807) is 0 Å². The number of urea groups is 1. The van der Waals surface area contributed by atoms with Gasteiger partial charge in [-0.2, -0.15) is 10.2 Å². The third kappa shape index (κ3) is 4.58. The number of nitrogens with one attached hydrogen (secondary N) is 2. The summed E-state index contributed by atoms with van der Waals surface area (Å²) in [6.07, 6.45) is 2.26. The fraction of sp³-hybridized carbons (Fsp3) is 0.647. The van der Waals surface area contributed by atoms with Crippen LogP contribution in [-0.4, -0.2) is 36.6 Å². The minimum absolute atomic E-state index is 0.00193. The molecule has 8 nitrogen and oxygen atoms in total. The molecule has 0 aromatic carbocycles. The van der Waals surface area contributed by atoms with E-state index in [2.05, 4.69) is 25.8 Å². The van der Waals surface area contributed by atoms with Crippen LogP contribution in [0.2, 0.25) is 0 Å². The molecule has 2 heterocycles. The van der Waals surface area contributed by atoms with Crippen molar-refractivity contribution in [3.05, 3.63) is 29.1 Å². The Morgan fingerprint density at radius 3 is 2.56 bits per heavy atom. The van der Waals surface area contributed by atoms with Crippen molar-refractivity contribution in [3.8, 4) is 0 Å². The molecule has 2 rings (SSSR count). The van der Waals surface area contributed by atoms with Crippen molar-refractivity contribution in [3.63, 3.8) is 0 Å². The van der Waals surface area contributed by atoms with Crippen molar-refractivity contribution in [1.29, 1.82) is 0 Å².